The summed E-state index contributed by atoms with van der Waals surface area (Å²) in [6, 6.07) is 11.2. The zero-order valence-electron chi connectivity index (χ0n) is 15.0. The fourth-order valence-corrected chi connectivity index (χ4v) is 3.80. The number of sulfonamides is 1. The van der Waals surface area contributed by atoms with E-state index in [1.807, 2.05) is 38.1 Å². The second kappa shape index (κ2) is 7.51. The van der Waals surface area contributed by atoms with Crippen LogP contribution in [0.4, 0.5) is 11.4 Å². The maximum Gasteiger partial charge on any atom is 0.242 e. The topological polar surface area (TPSA) is 61.4 Å². The highest BCUT2D eigenvalue weighted by molar-refractivity contribution is 7.89. The van der Waals surface area contributed by atoms with Crippen LogP contribution in [0.15, 0.2) is 41.3 Å². The van der Waals surface area contributed by atoms with Crippen molar-refractivity contribution in [2.24, 2.45) is 0 Å². The number of benzene rings is 2. The molecule has 0 aromatic heterocycles. The molecule has 0 unspecified atom stereocenters. The Bertz CT molecular complexity index is 886. The van der Waals surface area contributed by atoms with E-state index in [2.05, 4.69) is 10.6 Å². The Hall–Kier alpha value is -1.96. The number of para-hydroxylation sites is 1. The van der Waals surface area contributed by atoms with Crippen LogP contribution >= 0.6 is 12.2 Å². The van der Waals surface area contributed by atoms with E-state index in [1.165, 1.54) is 18.4 Å². The molecule has 0 aliphatic rings. The molecule has 2 N–H and O–H groups in total. The fraction of sp³-hybridized carbons (Fsp3) is 0.278. The number of anilines is 2. The maximum absolute atomic E-state index is 12.4. The first kappa shape index (κ1) is 19.4. The van der Waals surface area contributed by atoms with Crippen molar-refractivity contribution in [1.82, 2.24) is 4.31 Å². The van der Waals surface area contributed by atoms with Crippen molar-refractivity contribution in [1.29, 1.82) is 0 Å². The summed E-state index contributed by atoms with van der Waals surface area (Å²) < 4.78 is 26.0. The van der Waals surface area contributed by atoms with Crippen LogP contribution in [0.25, 0.3) is 0 Å². The summed E-state index contributed by atoms with van der Waals surface area (Å²) in [6.45, 7) is 5.78. The second-order valence-corrected chi connectivity index (χ2v) is 8.64. The molecule has 2 aromatic carbocycles. The molecular formula is C18H23N3O2S2. The van der Waals surface area contributed by atoms with Gasteiger partial charge in [-0.15, -0.1) is 0 Å². The lowest BCUT2D eigenvalue weighted by molar-refractivity contribution is 0.520. The number of thiocarbonyl (C=S) groups is 1. The van der Waals surface area contributed by atoms with Gasteiger partial charge in [0.25, 0.3) is 0 Å². The third kappa shape index (κ3) is 4.36. The number of hydrogen-bond acceptors (Lipinski definition) is 3. The standard InChI is InChI=1S/C18H23N3O2S2/c1-12-9-10-15(11-16(12)25(22,23)21(4)5)19-18(24)20-17-13(2)7-6-8-14(17)3/h6-11H,1-5H3,(H2,19,20,24). The van der Waals surface area contributed by atoms with Crippen molar-refractivity contribution in [3.63, 3.8) is 0 Å². The minimum absolute atomic E-state index is 0.261. The predicted octanol–water partition coefficient (Wildman–Crippen LogP) is 3.67. The Morgan fingerprint density at radius 2 is 1.56 bits per heavy atom. The van der Waals surface area contributed by atoms with E-state index in [-0.39, 0.29) is 4.90 Å². The number of hydrogen-bond donors (Lipinski definition) is 2. The van der Waals surface area contributed by atoms with Gasteiger partial charge < -0.3 is 10.6 Å². The van der Waals surface area contributed by atoms with Gasteiger partial charge in [-0.3, -0.25) is 0 Å². The fourth-order valence-electron chi connectivity index (χ4n) is 2.44. The van der Waals surface area contributed by atoms with Gasteiger partial charge in [-0.2, -0.15) is 0 Å². The van der Waals surface area contributed by atoms with Crippen LogP contribution in [-0.2, 0) is 10.0 Å². The van der Waals surface area contributed by atoms with Gasteiger partial charge in [0.2, 0.25) is 10.0 Å². The van der Waals surface area contributed by atoms with Gasteiger partial charge in [0.1, 0.15) is 0 Å². The second-order valence-electron chi connectivity index (χ2n) is 6.11. The molecule has 0 bridgehead atoms. The Kier molecular flexibility index (Phi) is 5.82. The summed E-state index contributed by atoms with van der Waals surface area (Å²) >= 11 is 5.38. The van der Waals surface area contributed by atoms with Crippen molar-refractivity contribution in [2.45, 2.75) is 25.7 Å². The lowest BCUT2D eigenvalue weighted by Crippen LogP contribution is -2.24. The summed E-state index contributed by atoms with van der Waals surface area (Å²) in [4.78, 5) is 0.261. The van der Waals surface area contributed by atoms with Gasteiger partial charge in [0, 0.05) is 25.5 Å². The van der Waals surface area contributed by atoms with Crippen LogP contribution in [0, 0.1) is 20.8 Å². The molecule has 0 radical (unpaired) electrons. The number of nitrogens with zero attached hydrogens (tertiary/aromatic N) is 1. The minimum Gasteiger partial charge on any atom is -0.332 e. The summed E-state index contributed by atoms with van der Waals surface area (Å²) in [7, 11) is -0.477. The quantitative estimate of drug-likeness (QED) is 0.796. The molecule has 2 rings (SSSR count). The first-order valence-corrected chi connectivity index (χ1v) is 9.65. The van der Waals surface area contributed by atoms with Crippen molar-refractivity contribution >= 4 is 38.7 Å². The molecule has 0 amide bonds. The number of nitrogens with one attached hydrogen (secondary N) is 2. The summed E-state index contributed by atoms with van der Waals surface area (Å²) in [5.41, 5.74) is 4.43. The number of aryl methyl sites for hydroxylation is 3. The Morgan fingerprint density at radius 1 is 0.960 bits per heavy atom. The van der Waals surface area contributed by atoms with E-state index >= 15 is 0 Å². The molecule has 0 saturated heterocycles. The summed E-state index contributed by atoms with van der Waals surface area (Å²) in [5.74, 6) is 0. The molecule has 0 aliphatic carbocycles. The Morgan fingerprint density at radius 3 is 2.12 bits per heavy atom. The van der Waals surface area contributed by atoms with E-state index in [1.54, 1.807) is 19.1 Å². The smallest absolute Gasteiger partial charge is 0.242 e. The van der Waals surface area contributed by atoms with Crippen LogP contribution in [-0.4, -0.2) is 31.9 Å². The molecule has 0 spiro atoms. The lowest BCUT2D eigenvalue weighted by atomic mass is 10.1. The summed E-state index contributed by atoms with van der Waals surface area (Å²) in [5, 5.41) is 6.66. The van der Waals surface area contributed by atoms with Gasteiger partial charge in [0.15, 0.2) is 5.11 Å². The average molecular weight is 378 g/mol. The van der Waals surface area contributed by atoms with Gasteiger partial charge in [-0.05, 0) is 61.8 Å². The molecule has 0 heterocycles. The zero-order valence-corrected chi connectivity index (χ0v) is 16.7. The highest BCUT2D eigenvalue weighted by Crippen LogP contribution is 2.23. The van der Waals surface area contributed by atoms with Crippen LogP contribution in [0.1, 0.15) is 16.7 Å². The van der Waals surface area contributed by atoms with Crippen molar-refractivity contribution in [3.8, 4) is 0 Å². The van der Waals surface area contributed by atoms with E-state index in [9.17, 15) is 8.42 Å². The lowest BCUT2D eigenvalue weighted by Gasteiger charge is -2.17. The van der Waals surface area contributed by atoms with Crippen molar-refractivity contribution in [3.05, 3.63) is 53.1 Å². The van der Waals surface area contributed by atoms with Crippen LogP contribution in [0.2, 0.25) is 0 Å². The van der Waals surface area contributed by atoms with Gasteiger partial charge in [-0.1, -0.05) is 24.3 Å². The molecule has 7 heteroatoms. The van der Waals surface area contributed by atoms with E-state index < -0.39 is 10.0 Å². The van der Waals surface area contributed by atoms with Crippen molar-refractivity contribution in [2.75, 3.05) is 24.7 Å². The summed E-state index contributed by atoms with van der Waals surface area (Å²) in [6.07, 6.45) is 0. The minimum atomic E-state index is -3.51. The first-order valence-electron chi connectivity index (χ1n) is 7.80. The van der Waals surface area contributed by atoms with Crippen molar-refractivity contribution < 1.29 is 8.42 Å². The maximum atomic E-state index is 12.4. The van der Waals surface area contributed by atoms with Gasteiger partial charge >= 0.3 is 0 Å². The van der Waals surface area contributed by atoms with Crippen LogP contribution in [0.5, 0.6) is 0 Å². The average Bonchev–Trinajstić information content (AvgIpc) is 2.52. The van der Waals surface area contributed by atoms with Gasteiger partial charge in [-0.25, -0.2) is 12.7 Å². The Balaban J connectivity index is 2.25. The molecule has 0 atom stereocenters. The SMILES string of the molecule is Cc1ccc(NC(=S)Nc2c(C)cccc2C)cc1S(=O)(=O)N(C)C. The van der Waals surface area contributed by atoms with Crippen LogP contribution < -0.4 is 10.6 Å². The highest BCUT2D eigenvalue weighted by Gasteiger charge is 2.20. The third-order valence-corrected chi connectivity index (χ3v) is 6.09. The van der Waals surface area contributed by atoms with E-state index in [0.29, 0.717) is 16.4 Å². The van der Waals surface area contributed by atoms with E-state index in [4.69, 9.17) is 12.2 Å². The molecule has 0 aliphatic heterocycles. The molecule has 2 aromatic rings. The predicted molar refractivity (Wildman–Crippen MR) is 108 cm³/mol. The number of rotatable bonds is 4. The van der Waals surface area contributed by atoms with Crippen LogP contribution in [0.3, 0.4) is 0 Å². The van der Waals surface area contributed by atoms with Gasteiger partial charge in [0.05, 0.1) is 4.90 Å². The normalized spacial score (nSPS) is 11.4. The molecule has 0 fully saturated rings. The molecule has 5 nitrogen and oxygen atoms in total. The molecule has 0 saturated carbocycles. The molecular weight excluding hydrogens is 354 g/mol. The zero-order chi connectivity index (χ0) is 18.8. The molecule has 25 heavy (non-hydrogen) atoms. The first-order chi connectivity index (χ1) is 11.6. The molecule has 134 valence electrons. The highest BCUT2D eigenvalue weighted by atomic mass is 32.2. The monoisotopic (exact) mass is 377 g/mol. The third-order valence-electron chi connectivity index (χ3n) is 3.92. The van der Waals surface area contributed by atoms with E-state index in [0.717, 1.165) is 16.8 Å². The largest absolute Gasteiger partial charge is 0.332 e. The Labute approximate surface area is 155 Å².